The number of hydrogen-bond donors (Lipinski definition) is 1. The number of ether oxygens (including phenoxy) is 1. The van der Waals surface area contributed by atoms with Crippen LogP contribution in [0.5, 0.6) is 0 Å². The predicted octanol–water partition coefficient (Wildman–Crippen LogP) is 1.82. The third-order valence-corrected chi connectivity index (χ3v) is 2.37. The van der Waals surface area contributed by atoms with Crippen molar-refractivity contribution in [2.24, 2.45) is 0 Å². The smallest absolute Gasteiger partial charge is 0.113 e. The highest BCUT2D eigenvalue weighted by Crippen LogP contribution is 2.26. The molecule has 2 heteroatoms. The van der Waals surface area contributed by atoms with E-state index in [1.165, 1.54) is 0 Å². The maximum absolute atomic E-state index is 9.63. The van der Waals surface area contributed by atoms with E-state index >= 15 is 0 Å². The van der Waals surface area contributed by atoms with Crippen LogP contribution >= 0.6 is 0 Å². The summed E-state index contributed by atoms with van der Waals surface area (Å²) in [6.45, 7) is 5.53. The van der Waals surface area contributed by atoms with E-state index in [0.717, 1.165) is 12.0 Å². The molecule has 0 saturated carbocycles. The van der Waals surface area contributed by atoms with Gasteiger partial charge in [-0.05, 0) is 25.0 Å². The van der Waals surface area contributed by atoms with Crippen molar-refractivity contribution in [1.82, 2.24) is 0 Å². The molecule has 0 fully saturated rings. The molecule has 0 heterocycles. The van der Waals surface area contributed by atoms with E-state index in [2.05, 4.69) is 6.58 Å². The number of aliphatic hydroxyl groups excluding tert-OH is 1. The van der Waals surface area contributed by atoms with Crippen molar-refractivity contribution in [1.29, 1.82) is 0 Å². The normalized spacial score (nSPS) is 32.8. The van der Waals surface area contributed by atoms with Crippen LogP contribution in [0, 0.1) is 0 Å². The van der Waals surface area contributed by atoms with Crippen LogP contribution in [0.25, 0.3) is 0 Å². The van der Waals surface area contributed by atoms with Crippen molar-refractivity contribution in [3.63, 3.8) is 0 Å². The summed E-state index contributed by atoms with van der Waals surface area (Å²) in [6.07, 6.45) is 7.69. The second kappa shape index (κ2) is 3.90. The van der Waals surface area contributed by atoms with Gasteiger partial charge in [-0.1, -0.05) is 18.2 Å². The maximum Gasteiger partial charge on any atom is 0.113 e. The first kappa shape index (κ1) is 10.2. The summed E-state index contributed by atoms with van der Waals surface area (Å²) in [5.74, 6) is 0. The summed E-state index contributed by atoms with van der Waals surface area (Å²) >= 11 is 0. The number of allylic oxidation sites excluding steroid dienone is 3. The van der Waals surface area contributed by atoms with Crippen molar-refractivity contribution in [2.75, 3.05) is 7.11 Å². The van der Waals surface area contributed by atoms with Crippen LogP contribution in [0.2, 0.25) is 0 Å². The van der Waals surface area contributed by atoms with Crippen molar-refractivity contribution in [3.05, 3.63) is 36.5 Å². The lowest BCUT2D eigenvalue weighted by Gasteiger charge is -2.31. The van der Waals surface area contributed by atoms with E-state index in [1.54, 1.807) is 13.2 Å². The molecule has 0 amide bonds. The van der Waals surface area contributed by atoms with Gasteiger partial charge in [0.05, 0.1) is 0 Å². The largest absolute Gasteiger partial charge is 0.386 e. The highest BCUT2D eigenvalue weighted by atomic mass is 16.5. The summed E-state index contributed by atoms with van der Waals surface area (Å²) in [6, 6.07) is 0. The zero-order valence-electron chi connectivity index (χ0n) is 8.16. The van der Waals surface area contributed by atoms with Crippen molar-refractivity contribution in [2.45, 2.75) is 25.0 Å². The lowest BCUT2D eigenvalue weighted by Crippen LogP contribution is -2.39. The van der Waals surface area contributed by atoms with Gasteiger partial charge in [0.25, 0.3) is 0 Å². The first-order valence-electron chi connectivity index (χ1n) is 4.36. The van der Waals surface area contributed by atoms with E-state index in [-0.39, 0.29) is 0 Å². The molecule has 2 nitrogen and oxygen atoms in total. The second-order valence-corrected chi connectivity index (χ2v) is 3.40. The molecule has 0 radical (unpaired) electrons. The molecule has 1 aliphatic rings. The fourth-order valence-corrected chi connectivity index (χ4v) is 1.38. The fourth-order valence-electron chi connectivity index (χ4n) is 1.38. The zero-order valence-corrected chi connectivity index (χ0v) is 8.16. The van der Waals surface area contributed by atoms with Crippen LogP contribution in [0.15, 0.2) is 36.5 Å². The van der Waals surface area contributed by atoms with Gasteiger partial charge < -0.3 is 9.84 Å². The monoisotopic (exact) mass is 180 g/mol. The minimum Gasteiger partial charge on any atom is -0.386 e. The molecule has 1 rings (SSSR count). The molecule has 72 valence electrons. The van der Waals surface area contributed by atoms with Gasteiger partial charge in [0.1, 0.15) is 11.7 Å². The number of methoxy groups -OCH3 is 1. The fraction of sp³-hybridized carbons (Fsp3) is 0.455. The third kappa shape index (κ3) is 2.08. The Labute approximate surface area is 79.2 Å². The topological polar surface area (TPSA) is 29.5 Å². The van der Waals surface area contributed by atoms with Crippen LogP contribution in [0.1, 0.15) is 13.3 Å². The SMILES string of the molecule is C=CCC1=CC(C)(OC)C(O)C=C1. The van der Waals surface area contributed by atoms with Gasteiger partial charge >= 0.3 is 0 Å². The Bertz CT molecular complexity index is 253. The number of aliphatic hydroxyl groups is 1. The Balaban J connectivity index is 2.86. The molecule has 0 aromatic rings. The Morgan fingerprint density at radius 2 is 2.46 bits per heavy atom. The molecule has 2 unspecified atom stereocenters. The van der Waals surface area contributed by atoms with Gasteiger partial charge in [0.15, 0.2) is 0 Å². The lowest BCUT2D eigenvalue weighted by atomic mass is 9.89. The summed E-state index contributed by atoms with van der Waals surface area (Å²) < 4.78 is 5.26. The summed E-state index contributed by atoms with van der Waals surface area (Å²) in [4.78, 5) is 0. The van der Waals surface area contributed by atoms with Gasteiger partial charge in [-0.3, -0.25) is 0 Å². The first-order chi connectivity index (χ1) is 6.12. The van der Waals surface area contributed by atoms with Crippen LogP contribution in [0.3, 0.4) is 0 Å². The zero-order chi connectivity index (χ0) is 9.90. The molecule has 0 aromatic carbocycles. The van der Waals surface area contributed by atoms with Crippen LogP contribution in [0.4, 0.5) is 0 Å². The molecule has 1 aliphatic carbocycles. The Kier molecular flexibility index (Phi) is 3.07. The molecule has 0 aromatic heterocycles. The number of hydrogen-bond acceptors (Lipinski definition) is 2. The number of rotatable bonds is 3. The van der Waals surface area contributed by atoms with Gasteiger partial charge in [0.2, 0.25) is 0 Å². The predicted molar refractivity (Wildman–Crippen MR) is 53.5 cm³/mol. The Morgan fingerprint density at radius 1 is 1.77 bits per heavy atom. The molecule has 0 spiro atoms. The summed E-state index contributed by atoms with van der Waals surface area (Å²) in [7, 11) is 1.60. The average Bonchev–Trinajstić information content (AvgIpc) is 2.12. The molecule has 0 aliphatic heterocycles. The summed E-state index contributed by atoms with van der Waals surface area (Å²) in [5, 5.41) is 9.63. The van der Waals surface area contributed by atoms with E-state index in [4.69, 9.17) is 4.74 Å². The Morgan fingerprint density at radius 3 is 3.00 bits per heavy atom. The molecule has 0 saturated heterocycles. The third-order valence-electron chi connectivity index (χ3n) is 2.37. The standard InChI is InChI=1S/C11H16O2/c1-4-5-9-6-7-10(12)11(2,8-9)13-3/h4,6-8,10,12H,1,5H2,2-3H3. The minimum absolute atomic E-state index is 0.564. The minimum atomic E-state index is -0.590. The van der Waals surface area contributed by atoms with E-state index in [9.17, 15) is 5.11 Å². The molecular formula is C11H16O2. The lowest BCUT2D eigenvalue weighted by molar-refractivity contribution is -0.0363. The molecule has 13 heavy (non-hydrogen) atoms. The summed E-state index contributed by atoms with van der Waals surface area (Å²) in [5.41, 5.74) is 0.539. The van der Waals surface area contributed by atoms with Gasteiger partial charge in [0, 0.05) is 7.11 Å². The molecule has 2 atom stereocenters. The second-order valence-electron chi connectivity index (χ2n) is 3.40. The Hall–Kier alpha value is -0.860. The van der Waals surface area contributed by atoms with Crippen molar-refractivity contribution in [3.8, 4) is 0 Å². The van der Waals surface area contributed by atoms with E-state index in [0.29, 0.717) is 0 Å². The van der Waals surface area contributed by atoms with Gasteiger partial charge in [-0.2, -0.15) is 0 Å². The van der Waals surface area contributed by atoms with E-state index in [1.807, 2.05) is 25.2 Å². The molecule has 1 N–H and O–H groups in total. The molecule has 0 bridgehead atoms. The van der Waals surface area contributed by atoms with Crippen molar-refractivity contribution >= 4 is 0 Å². The van der Waals surface area contributed by atoms with Gasteiger partial charge in [-0.15, -0.1) is 6.58 Å². The maximum atomic E-state index is 9.63. The van der Waals surface area contributed by atoms with Crippen LogP contribution in [-0.4, -0.2) is 23.9 Å². The van der Waals surface area contributed by atoms with Crippen LogP contribution in [-0.2, 0) is 4.74 Å². The highest BCUT2D eigenvalue weighted by molar-refractivity contribution is 5.32. The highest BCUT2D eigenvalue weighted by Gasteiger charge is 2.31. The van der Waals surface area contributed by atoms with Crippen molar-refractivity contribution < 1.29 is 9.84 Å². The van der Waals surface area contributed by atoms with E-state index < -0.39 is 11.7 Å². The van der Waals surface area contributed by atoms with Crippen LogP contribution < -0.4 is 0 Å². The quantitative estimate of drug-likeness (QED) is 0.671. The average molecular weight is 180 g/mol. The molecular weight excluding hydrogens is 164 g/mol. The first-order valence-corrected chi connectivity index (χ1v) is 4.36. The van der Waals surface area contributed by atoms with Gasteiger partial charge in [-0.25, -0.2) is 0 Å².